The van der Waals surface area contributed by atoms with E-state index in [2.05, 4.69) is 5.32 Å². The molecular weight excluding hydrogens is 308 g/mol. The zero-order chi connectivity index (χ0) is 16.1. The van der Waals surface area contributed by atoms with Crippen molar-refractivity contribution < 1.29 is 4.79 Å². The summed E-state index contributed by atoms with van der Waals surface area (Å²) in [4.78, 5) is 24.9. The molecule has 0 unspecified atom stereocenters. The Morgan fingerprint density at radius 3 is 2.57 bits per heavy atom. The van der Waals surface area contributed by atoms with Gasteiger partial charge in [-0.15, -0.1) is 11.8 Å². The van der Waals surface area contributed by atoms with E-state index < -0.39 is 0 Å². The Morgan fingerprint density at radius 2 is 1.87 bits per heavy atom. The molecule has 120 valence electrons. The van der Waals surface area contributed by atoms with Crippen LogP contribution in [0.15, 0.2) is 58.4 Å². The Hall–Kier alpha value is -2.01. The number of carbonyl (C=O) groups is 1. The van der Waals surface area contributed by atoms with Crippen LogP contribution < -0.4 is 10.9 Å². The molecule has 1 aliphatic rings. The summed E-state index contributed by atoms with van der Waals surface area (Å²) < 4.78 is 1.39. The fourth-order valence-electron chi connectivity index (χ4n) is 2.76. The average molecular weight is 328 g/mol. The maximum absolute atomic E-state index is 12.0. The first-order chi connectivity index (χ1) is 11.2. The minimum Gasteiger partial charge on any atom is -0.325 e. The van der Waals surface area contributed by atoms with Gasteiger partial charge in [0.2, 0.25) is 5.91 Å². The summed E-state index contributed by atoms with van der Waals surface area (Å²) in [5.74, 6) is -0.200. The number of pyridine rings is 1. The van der Waals surface area contributed by atoms with E-state index in [1.807, 2.05) is 36.0 Å². The Bertz CT molecular complexity index is 718. The van der Waals surface area contributed by atoms with Gasteiger partial charge in [-0.2, -0.15) is 0 Å². The van der Waals surface area contributed by atoms with Crippen LogP contribution in [-0.2, 0) is 11.3 Å². The topological polar surface area (TPSA) is 51.1 Å². The highest BCUT2D eigenvalue weighted by molar-refractivity contribution is 8.00. The Labute approximate surface area is 139 Å². The first-order valence-corrected chi connectivity index (χ1v) is 8.81. The summed E-state index contributed by atoms with van der Waals surface area (Å²) in [5.41, 5.74) is 0.584. The zero-order valence-corrected chi connectivity index (χ0v) is 13.7. The van der Waals surface area contributed by atoms with E-state index in [1.165, 1.54) is 41.2 Å². The van der Waals surface area contributed by atoms with Crippen molar-refractivity contribution in [2.24, 2.45) is 0 Å². The lowest BCUT2D eigenvalue weighted by molar-refractivity contribution is -0.116. The molecule has 0 aliphatic heterocycles. The van der Waals surface area contributed by atoms with E-state index >= 15 is 0 Å². The third-order valence-electron chi connectivity index (χ3n) is 3.96. The quantitative estimate of drug-likeness (QED) is 0.913. The van der Waals surface area contributed by atoms with Crippen molar-refractivity contribution in [3.63, 3.8) is 0 Å². The number of nitrogens with one attached hydrogen (secondary N) is 1. The van der Waals surface area contributed by atoms with Crippen molar-refractivity contribution in [3.05, 3.63) is 59.0 Å². The van der Waals surface area contributed by atoms with E-state index in [0.717, 1.165) is 10.9 Å². The number of rotatable bonds is 5. The van der Waals surface area contributed by atoms with Gasteiger partial charge < -0.3 is 9.88 Å². The van der Waals surface area contributed by atoms with Crippen LogP contribution in [0.4, 0.5) is 5.69 Å². The molecule has 1 fully saturated rings. The Balaban J connectivity index is 1.56. The van der Waals surface area contributed by atoms with Gasteiger partial charge in [-0.05, 0) is 43.2 Å². The molecule has 1 aromatic carbocycles. The van der Waals surface area contributed by atoms with Crippen molar-refractivity contribution in [1.29, 1.82) is 0 Å². The van der Waals surface area contributed by atoms with E-state index in [9.17, 15) is 9.59 Å². The second-order valence-electron chi connectivity index (χ2n) is 5.76. The van der Waals surface area contributed by atoms with Crippen molar-refractivity contribution in [2.75, 3.05) is 5.32 Å². The van der Waals surface area contributed by atoms with E-state index in [0.29, 0.717) is 0 Å². The van der Waals surface area contributed by atoms with Gasteiger partial charge in [-0.1, -0.05) is 18.9 Å². The monoisotopic (exact) mass is 328 g/mol. The summed E-state index contributed by atoms with van der Waals surface area (Å²) in [6, 6.07) is 12.8. The molecule has 4 nitrogen and oxygen atoms in total. The van der Waals surface area contributed by atoms with Gasteiger partial charge in [0.05, 0.1) is 0 Å². The molecule has 0 spiro atoms. The first-order valence-electron chi connectivity index (χ1n) is 7.93. The number of carbonyl (C=O) groups excluding carboxylic acids is 1. The van der Waals surface area contributed by atoms with E-state index in [-0.39, 0.29) is 18.0 Å². The largest absolute Gasteiger partial charge is 0.325 e. The Morgan fingerprint density at radius 1 is 1.13 bits per heavy atom. The smallest absolute Gasteiger partial charge is 0.250 e. The van der Waals surface area contributed by atoms with Gasteiger partial charge in [0.1, 0.15) is 6.54 Å². The number of nitrogens with zero attached hydrogens (tertiary/aromatic N) is 1. The number of hydrogen-bond donors (Lipinski definition) is 1. The summed E-state index contributed by atoms with van der Waals surface area (Å²) in [6.45, 7) is 0.0260. The summed E-state index contributed by atoms with van der Waals surface area (Å²) in [7, 11) is 0. The van der Waals surface area contributed by atoms with Crippen LogP contribution >= 0.6 is 11.8 Å². The fraction of sp³-hybridized carbons (Fsp3) is 0.333. The molecule has 1 amide bonds. The van der Waals surface area contributed by atoms with E-state index in [4.69, 9.17) is 0 Å². The van der Waals surface area contributed by atoms with Crippen LogP contribution in [-0.4, -0.2) is 15.7 Å². The van der Waals surface area contributed by atoms with Crippen LogP contribution in [0.1, 0.15) is 25.7 Å². The fourth-order valence-corrected chi connectivity index (χ4v) is 4.01. The summed E-state index contributed by atoms with van der Waals surface area (Å²) in [6.07, 6.45) is 6.89. The molecule has 1 heterocycles. The van der Waals surface area contributed by atoms with Crippen molar-refractivity contribution in [2.45, 2.75) is 42.4 Å². The number of thioether (sulfide) groups is 1. The number of anilines is 1. The number of amides is 1. The Kier molecular flexibility index (Phi) is 5.18. The van der Waals surface area contributed by atoms with Gasteiger partial charge >= 0.3 is 0 Å². The van der Waals surface area contributed by atoms with Crippen LogP contribution in [0.2, 0.25) is 0 Å². The van der Waals surface area contributed by atoms with Gasteiger partial charge in [0.15, 0.2) is 0 Å². The minimum atomic E-state index is -0.200. The third-order valence-corrected chi connectivity index (χ3v) is 5.31. The van der Waals surface area contributed by atoms with Gasteiger partial charge in [-0.25, -0.2) is 0 Å². The molecule has 3 rings (SSSR count). The number of aromatic nitrogens is 1. The van der Waals surface area contributed by atoms with Crippen molar-refractivity contribution >= 4 is 23.4 Å². The molecule has 23 heavy (non-hydrogen) atoms. The lowest BCUT2D eigenvalue weighted by Gasteiger charge is -2.10. The predicted octanol–water partition coefficient (Wildman–Crippen LogP) is 3.52. The molecule has 0 saturated heterocycles. The van der Waals surface area contributed by atoms with Crippen LogP contribution in [0, 0.1) is 0 Å². The lowest BCUT2D eigenvalue weighted by Crippen LogP contribution is -2.26. The first kappa shape index (κ1) is 15.9. The SMILES string of the molecule is O=C(Cn1ccccc1=O)Nc1ccc(SC2CCCC2)cc1. The molecule has 0 bridgehead atoms. The molecule has 1 saturated carbocycles. The van der Waals surface area contributed by atoms with Crippen LogP contribution in [0.25, 0.3) is 0 Å². The standard InChI is InChI=1S/C18H20N2O2S/c21-17(13-20-12-4-3-7-18(20)22)19-14-8-10-16(11-9-14)23-15-5-1-2-6-15/h3-4,7-12,15H,1-2,5-6,13H2,(H,19,21). The van der Waals surface area contributed by atoms with E-state index in [1.54, 1.807) is 18.3 Å². The maximum Gasteiger partial charge on any atom is 0.250 e. The van der Waals surface area contributed by atoms with Gasteiger partial charge in [0.25, 0.3) is 5.56 Å². The summed E-state index contributed by atoms with van der Waals surface area (Å²) in [5, 5.41) is 3.57. The zero-order valence-electron chi connectivity index (χ0n) is 12.9. The maximum atomic E-state index is 12.0. The second-order valence-corrected chi connectivity index (χ2v) is 7.14. The molecular formula is C18H20N2O2S. The normalized spacial score (nSPS) is 14.8. The molecule has 2 aromatic rings. The highest BCUT2D eigenvalue weighted by atomic mass is 32.2. The highest BCUT2D eigenvalue weighted by Crippen LogP contribution is 2.34. The summed E-state index contributed by atoms with van der Waals surface area (Å²) >= 11 is 1.93. The molecule has 0 radical (unpaired) electrons. The van der Waals surface area contributed by atoms with Gasteiger partial charge in [-0.3, -0.25) is 9.59 Å². The van der Waals surface area contributed by atoms with Gasteiger partial charge in [0, 0.05) is 28.1 Å². The number of benzene rings is 1. The molecule has 0 atom stereocenters. The van der Waals surface area contributed by atoms with Crippen LogP contribution in [0.3, 0.4) is 0 Å². The second kappa shape index (κ2) is 7.51. The van der Waals surface area contributed by atoms with Crippen molar-refractivity contribution in [3.8, 4) is 0 Å². The molecule has 1 aromatic heterocycles. The lowest BCUT2D eigenvalue weighted by atomic mass is 10.3. The number of hydrogen-bond acceptors (Lipinski definition) is 3. The third kappa shape index (κ3) is 4.48. The van der Waals surface area contributed by atoms with Crippen molar-refractivity contribution in [1.82, 2.24) is 4.57 Å². The molecule has 5 heteroatoms. The molecule has 1 aliphatic carbocycles. The minimum absolute atomic E-state index is 0.0260. The predicted molar refractivity (Wildman–Crippen MR) is 93.9 cm³/mol. The highest BCUT2D eigenvalue weighted by Gasteiger charge is 2.15. The average Bonchev–Trinajstić information content (AvgIpc) is 3.04. The molecule has 1 N–H and O–H groups in total. The van der Waals surface area contributed by atoms with Crippen LogP contribution in [0.5, 0.6) is 0 Å².